The first-order valence-electron chi connectivity index (χ1n) is 11.9. The summed E-state index contributed by atoms with van der Waals surface area (Å²) < 4.78 is 37.0. The van der Waals surface area contributed by atoms with E-state index in [0.717, 1.165) is 22.5 Å². The van der Waals surface area contributed by atoms with Crippen LogP contribution in [0.4, 0.5) is 5.69 Å². The summed E-state index contributed by atoms with van der Waals surface area (Å²) in [5.74, 6) is 0.292. The van der Waals surface area contributed by atoms with Crippen LogP contribution in [0.2, 0.25) is 0 Å². The number of ether oxygens (including phenoxy) is 2. The summed E-state index contributed by atoms with van der Waals surface area (Å²) in [4.78, 5) is 28.3. The molecule has 1 N–H and O–H groups in total. The average Bonchev–Trinajstić information content (AvgIpc) is 2.86. The summed E-state index contributed by atoms with van der Waals surface area (Å²) >= 11 is 0. The third kappa shape index (κ3) is 7.87. The molecule has 0 aliphatic heterocycles. The minimum atomic E-state index is -3.82. The van der Waals surface area contributed by atoms with E-state index < -0.39 is 28.5 Å². The maximum Gasteiger partial charge on any atom is 0.244 e. The fourth-order valence-electron chi connectivity index (χ4n) is 3.71. The zero-order valence-corrected chi connectivity index (χ0v) is 22.7. The summed E-state index contributed by atoms with van der Waals surface area (Å²) in [6.07, 6.45) is 2.14. The molecule has 0 unspecified atom stereocenters. The van der Waals surface area contributed by atoms with Gasteiger partial charge < -0.3 is 19.7 Å². The molecular formula is C26H37N3O6S. The van der Waals surface area contributed by atoms with Gasteiger partial charge in [-0.3, -0.25) is 13.9 Å². The van der Waals surface area contributed by atoms with Crippen LogP contribution in [-0.4, -0.2) is 64.2 Å². The van der Waals surface area contributed by atoms with Gasteiger partial charge in [-0.1, -0.05) is 32.0 Å². The Labute approximate surface area is 214 Å². The summed E-state index contributed by atoms with van der Waals surface area (Å²) in [5, 5.41) is 2.95. The fourth-order valence-corrected chi connectivity index (χ4v) is 4.55. The van der Waals surface area contributed by atoms with Gasteiger partial charge in [-0.15, -0.1) is 0 Å². The molecule has 0 heterocycles. The van der Waals surface area contributed by atoms with Crippen LogP contribution in [0.15, 0.2) is 48.5 Å². The van der Waals surface area contributed by atoms with Gasteiger partial charge in [-0.05, 0) is 49.6 Å². The minimum absolute atomic E-state index is 0.0652. The molecule has 198 valence electrons. The van der Waals surface area contributed by atoms with Crippen LogP contribution in [0.25, 0.3) is 0 Å². The molecule has 2 aromatic carbocycles. The second kappa shape index (κ2) is 13.2. The lowest BCUT2D eigenvalue weighted by atomic mass is 10.1. The summed E-state index contributed by atoms with van der Waals surface area (Å²) in [7, 11) is -0.792. The Morgan fingerprint density at radius 3 is 2.14 bits per heavy atom. The number of benzene rings is 2. The number of methoxy groups -OCH3 is 2. The smallest absolute Gasteiger partial charge is 0.244 e. The fraction of sp³-hybridized carbons (Fsp3) is 0.462. The average molecular weight is 520 g/mol. The first-order chi connectivity index (χ1) is 17.0. The Morgan fingerprint density at radius 1 is 0.972 bits per heavy atom. The van der Waals surface area contributed by atoms with Gasteiger partial charge in [0.2, 0.25) is 21.8 Å². The van der Waals surface area contributed by atoms with Crippen molar-refractivity contribution in [1.82, 2.24) is 10.2 Å². The zero-order chi connectivity index (χ0) is 26.9. The molecule has 10 heteroatoms. The first-order valence-corrected chi connectivity index (χ1v) is 13.7. The Hall–Kier alpha value is -3.27. The van der Waals surface area contributed by atoms with Gasteiger partial charge >= 0.3 is 0 Å². The lowest BCUT2D eigenvalue weighted by molar-refractivity contribution is -0.140. The van der Waals surface area contributed by atoms with Crippen LogP contribution in [0.3, 0.4) is 0 Å². The lowest BCUT2D eigenvalue weighted by Crippen LogP contribution is -2.53. The minimum Gasteiger partial charge on any atom is -0.497 e. The number of hydrogen-bond acceptors (Lipinski definition) is 6. The molecule has 0 saturated heterocycles. The Kier molecular flexibility index (Phi) is 10.6. The molecule has 2 aromatic rings. The predicted octanol–water partition coefficient (Wildman–Crippen LogP) is 3.19. The number of nitrogens with zero attached hydrogens (tertiary/aromatic N) is 2. The van der Waals surface area contributed by atoms with E-state index in [1.54, 1.807) is 49.6 Å². The number of rotatable bonds is 13. The first kappa shape index (κ1) is 29.0. The highest BCUT2D eigenvalue weighted by molar-refractivity contribution is 7.92. The Balaban J connectivity index is 2.47. The van der Waals surface area contributed by atoms with Gasteiger partial charge in [0, 0.05) is 18.7 Å². The van der Waals surface area contributed by atoms with Gasteiger partial charge in [0.05, 0.1) is 26.2 Å². The largest absolute Gasteiger partial charge is 0.497 e. The third-order valence-corrected chi connectivity index (χ3v) is 7.04. The number of carbonyl (C=O) groups excluding carboxylic acids is 2. The molecule has 0 fully saturated rings. The van der Waals surface area contributed by atoms with Crippen LogP contribution in [0.5, 0.6) is 11.5 Å². The summed E-state index contributed by atoms with van der Waals surface area (Å²) in [6.45, 7) is 5.32. The van der Waals surface area contributed by atoms with Crippen molar-refractivity contribution in [2.24, 2.45) is 0 Å². The second-order valence-electron chi connectivity index (χ2n) is 8.59. The van der Waals surface area contributed by atoms with Crippen molar-refractivity contribution in [3.8, 4) is 11.5 Å². The molecule has 2 rings (SSSR count). The standard InChI is InChI=1S/C26H37N3O6S/c1-7-19(3)27-26(31)24(8-2)28(17-20-11-9-13-22(15-20)34-4)25(30)18-29(36(6,32)33)21-12-10-14-23(16-21)35-5/h9-16,19,24H,7-8,17-18H2,1-6H3,(H,27,31)/t19-,24+/m1/s1. The molecule has 36 heavy (non-hydrogen) atoms. The van der Waals surface area contributed by atoms with Gasteiger partial charge in [0.1, 0.15) is 24.1 Å². The molecule has 0 bridgehead atoms. The highest BCUT2D eigenvalue weighted by Crippen LogP contribution is 2.24. The predicted molar refractivity (Wildman–Crippen MR) is 141 cm³/mol. The molecule has 2 atom stereocenters. The molecule has 9 nitrogen and oxygen atoms in total. The molecule has 0 radical (unpaired) electrons. The number of anilines is 1. The van der Waals surface area contributed by atoms with Gasteiger partial charge in [0.15, 0.2) is 0 Å². The number of carbonyl (C=O) groups is 2. The van der Waals surface area contributed by atoms with E-state index in [2.05, 4.69) is 5.32 Å². The van der Waals surface area contributed by atoms with Crippen LogP contribution >= 0.6 is 0 Å². The molecule has 0 spiro atoms. The van der Waals surface area contributed by atoms with Crippen molar-refractivity contribution < 1.29 is 27.5 Å². The van der Waals surface area contributed by atoms with Crippen LogP contribution in [0.1, 0.15) is 39.2 Å². The highest BCUT2D eigenvalue weighted by atomic mass is 32.2. The van der Waals surface area contributed by atoms with E-state index in [1.807, 2.05) is 26.8 Å². The van der Waals surface area contributed by atoms with Crippen molar-refractivity contribution in [2.75, 3.05) is 31.3 Å². The van der Waals surface area contributed by atoms with Crippen molar-refractivity contribution in [2.45, 2.75) is 52.2 Å². The van der Waals surface area contributed by atoms with E-state index in [4.69, 9.17) is 9.47 Å². The van der Waals surface area contributed by atoms with E-state index in [9.17, 15) is 18.0 Å². The molecule has 2 amide bonds. The van der Waals surface area contributed by atoms with Gasteiger partial charge in [-0.2, -0.15) is 0 Å². The zero-order valence-electron chi connectivity index (χ0n) is 21.9. The van der Waals surface area contributed by atoms with Crippen LogP contribution in [0, 0.1) is 0 Å². The Morgan fingerprint density at radius 2 is 1.58 bits per heavy atom. The molecular weight excluding hydrogens is 482 g/mol. The summed E-state index contributed by atoms with van der Waals surface area (Å²) in [5.41, 5.74) is 1.05. The van der Waals surface area contributed by atoms with Gasteiger partial charge in [0.25, 0.3) is 0 Å². The van der Waals surface area contributed by atoms with E-state index in [-0.39, 0.29) is 18.5 Å². The van der Waals surface area contributed by atoms with Crippen LogP contribution < -0.4 is 19.1 Å². The molecule has 0 aromatic heterocycles. The monoisotopic (exact) mass is 519 g/mol. The summed E-state index contributed by atoms with van der Waals surface area (Å²) in [6, 6.07) is 12.8. The Bertz CT molecular complexity index is 1140. The normalized spacial score (nSPS) is 12.8. The van der Waals surface area contributed by atoms with Crippen LogP contribution in [-0.2, 0) is 26.2 Å². The number of amides is 2. The quantitative estimate of drug-likeness (QED) is 0.436. The van der Waals surface area contributed by atoms with Crippen molar-refractivity contribution in [3.63, 3.8) is 0 Å². The van der Waals surface area contributed by atoms with E-state index in [0.29, 0.717) is 23.6 Å². The molecule has 0 aliphatic carbocycles. The maximum atomic E-state index is 13.7. The lowest BCUT2D eigenvalue weighted by Gasteiger charge is -2.33. The van der Waals surface area contributed by atoms with Crippen molar-refractivity contribution in [3.05, 3.63) is 54.1 Å². The maximum absolute atomic E-state index is 13.7. The van der Waals surface area contributed by atoms with Crippen molar-refractivity contribution in [1.29, 1.82) is 0 Å². The van der Waals surface area contributed by atoms with Crippen molar-refractivity contribution >= 4 is 27.5 Å². The number of hydrogen-bond donors (Lipinski definition) is 1. The molecule has 0 aliphatic rings. The second-order valence-corrected chi connectivity index (χ2v) is 10.5. The number of nitrogens with one attached hydrogen (secondary N) is 1. The van der Waals surface area contributed by atoms with Gasteiger partial charge in [-0.25, -0.2) is 8.42 Å². The third-order valence-electron chi connectivity index (χ3n) is 5.89. The topological polar surface area (TPSA) is 105 Å². The molecule has 0 saturated carbocycles. The van der Waals surface area contributed by atoms with E-state index in [1.165, 1.54) is 12.0 Å². The number of sulfonamides is 1. The van der Waals surface area contributed by atoms with E-state index >= 15 is 0 Å². The highest BCUT2D eigenvalue weighted by Gasteiger charge is 2.32. The SMILES string of the molecule is CC[C@@H](C)NC(=O)[C@H](CC)N(Cc1cccc(OC)c1)C(=O)CN(c1cccc(OC)c1)S(C)(=O)=O.